The van der Waals surface area contributed by atoms with E-state index in [0.29, 0.717) is 11.0 Å². The Balaban J connectivity index is 2.44. The Morgan fingerprint density at radius 3 is 2.32 bits per heavy atom. The van der Waals surface area contributed by atoms with Crippen LogP contribution in [0.3, 0.4) is 0 Å². The van der Waals surface area contributed by atoms with Crippen LogP contribution in [0.4, 0.5) is 11.5 Å². The summed E-state index contributed by atoms with van der Waals surface area (Å²) in [5.41, 5.74) is 7.31. The van der Waals surface area contributed by atoms with Crippen molar-refractivity contribution >= 4 is 23.1 Å². The summed E-state index contributed by atoms with van der Waals surface area (Å²) in [6, 6.07) is 9.24. The first-order valence-electron chi connectivity index (χ1n) is 6.29. The number of halogens is 1. The molecule has 5 heteroatoms. The third-order valence-electron chi connectivity index (χ3n) is 2.94. The number of rotatable bonds is 4. The summed E-state index contributed by atoms with van der Waals surface area (Å²) >= 11 is 6.09. The molecule has 1 aromatic heterocycles. The van der Waals surface area contributed by atoms with Crippen molar-refractivity contribution < 1.29 is 0 Å². The van der Waals surface area contributed by atoms with Crippen molar-refractivity contribution in [2.24, 2.45) is 0 Å². The molecule has 0 saturated heterocycles. The van der Waals surface area contributed by atoms with Gasteiger partial charge in [0.2, 0.25) is 0 Å². The molecular weight excluding hydrogens is 260 g/mol. The number of benzene rings is 1. The predicted octanol–water partition coefficient (Wildman–Crippen LogP) is 3.23. The minimum atomic E-state index is 0.448. The number of anilines is 2. The number of hydrogen-bond acceptors (Lipinski definition) is 4. The first-order chi connectivity index (χ1) is 9.13. The van der Waals surface area contributed by atoms with E-state index >= 15 is 0 Å². The zero-order valence-electron chi connectivity index (χ0n) is 11.1. The third-order valence-corrected chi connectivity index (χ3v) is 3.13. The zero-order chi connectivity index (χ0) is 13.8. The molecule has 0 saturated carbocycles. The van der Waals surface area contributed by atoms with Gasteiger partial charge in [0.25, 0.3) is 0 Å². The van der Waals surface area contributed by atoms with E-state index in [1.165, 1.54) is 0 Å². The van der Waals surface area contributed by atoms with E-state index in [1.807, 2.05) is 24.3 Å². The summed E-state index contributed by atoms with van der Waals surface area (Å²) in [6.45, 7) is 5.93. The molecule has 1 aromatic carbocycles. The van der Waals surface area contributed by atoms with Crippen LogP contribution in [-0.2, 0) is 0 Å². The molecule has 2 aromatic rings. The second kappa shape index (κ2) is 5.89. The third kappa shape index (κ3) is 3.15. The van der Waals surface area contributed by atoms with Crippen LogP contribution in [0.15, 0.2) is 30.3 Å². The van der Waals surface area contributed by atoms with Crippen molar-refractivity contribution in [3.63, 3.8) is 0 Å². The number of nitrogen functional groups attached to an aromatic ring is 1. The Kier molecular flexibility index (Phi) is 4.22. The Hall–Kier alpha value is -1.81. The van der Waals surface area contributed by atoms with Crippen molar-refractivity contribution in [3.05, 3.63) is 35.5 Å². The van der Waals surface area contributed by atoms with Gasteiger partial charge in [-0.3, -0.25) is 0 Å². The summed E-state index contributed by atoms with van der Waals surface area (Å²) in [6.07, 6.45) is 0. The SMILES string of the molecule is CCN(CC)c1cc(Cl)nc(-c2ccc(N)cc2)n1. The first-order valence-corrected chi connectivity index (χ1v) is 6.67. The van der Waals surface area contributed by atoms with Crippen molar-refractivity contribution in [2.75, 3.05) is 23.7 Å². The highest BCUT2D eigenvalue weighted by Gasteiger charge is 2.09. The second-order valence-corrected chi connectivity index (χ2v) is 4.55. The van der Waals surface area contributed by atoms with E-state index in [9.17, 15) is 0 Å². The van der Waals surface area contributed by atoms with E-state index in [2.05, 4.69) is 28.7 Å². The van der Waals surface area contributed by atoms with E-state index < -0.39 is 0 Å². The number of hydrogen-bond donors (Lipinski definition) is 1. The van der Waals surface area contributed by atoms with Gasteiger partial charge in [0.15, 0.2) is 5.82 Å². The van der Waals surface area contributed by atoms with Gasteiger partial charge >= 0.3 is 0 Å². The molecule has 0 aliphatic carbocycles. The fraction of sp³-hybridized carbons (Fsp3) is 0.286. The summed E-state index contributed by atoms with van der Waals surface area (Å²) < 4.78 is 0. The lowest BCUT2D eigenvalue weighted by Gasteiger charge is -2.20. The zero-order valence-corrected chi connectivity index (χ0v) is 11.9. The monoisotopic (exact) mass is 276 g/mol. The average Bonchev–Trinajstić information content (AvgIpc) is 2.40. The quantitative estimate of drug-likeness (QED) is 0.688. The van der Waals surface area contributed by atoms with Gasteiger partial charge in [-0.15, -0.1) is 0 Å². The van der Waals surface area contributed by atoms with Gasteiger partial charge in [-0.2, -0.15) is 0 Å². The largest absolute Gasteiger partial charge is 0.399 e. The van der Waals surface area contributed by atoms with E-state index in [4.69, 9.17) is 17.3 Å². The van der Waals surface area contributed by atoms with Gasteiger partial charge in [0.05, 0.1) is 0 Å². The van der Waals surface area contributed by atoms with Gasteiger partial charge in [0.1, 0.15) is 11.0 Å². The van der Waals surface area contributed by atoms with Crippen LogP contribution in [0.5, 0.6) is 0 Å². The summed E-state index contributed by atoms with van der Waals surface area (Å²) in [5, 5.41) is 0.448. The molecule has 2 rings (SSSR count). The molecule has 0 spiro atoms. The molecule has 0 unspecified atom stereocenters. The van der Waals surface area contributed by atoms with E-state index in [1.54, 1.807) is 6.07 Å². The number of nitrogens with zero attached hydrogens (tertiary/aromatic N) is 3. The smallest absolute Gasteiger partial charge is 0.163 e. The molecule has 0 bridgehead atoms. The number of nitrogens with two attached hydrogens (primary N) is 1. The van der Waals surface area contributed by atoms with Crippen molar-refractivity contribution in [1.29, 1.82) is 0 Å². The Morgan fingerprint density at radius 2 is 1.74 bits per heavy atom. The molecule has 4 nitrogen and oxygen atoms in total. The van der Waals surface area contributed by atoms with Crippen LogP contribution in [0.2, 0.25) is 5.15 Å². The lowest BCUT2D eigenvalue weighted by Crippen LogP contribution is -2.23. The normalized spacial score (nSPS) is 10.5. The Morgan fingerprint density at radius 1 is 1.11 bits per heavy atom. The maximum absolute atomic E-state index is 6.09. The Labute approximate surface area is 118 Å². The van der Waals surface area contributed by atoms with Crippen LogP contribution < -0.4 is 10.6 Å². The van der Waals surface area contributed by atoms with E-state index in [0.717, 1.165) is 30.2 Å². The summed E-state index contributed by atoms with van der Waals surface area (Å²) in [7, 11) is 0. The standard InChI is InChI=1S/C14H17ClN4/c1-3-19(4-2)13-9-12(15)17-14(18-13)10-5-7-11(16)8-6-10/h5-9H,3-4,16H2,1-2H3. The molecule has 0 atom stereocenters. The fourth-order valence-corrected chi connectivity index (χ4v) is 2.05. The van der Waals surface area contributed by atoms with Crippen LogP contribution in [-0.4, -0.2) is 23.1 Å². The number of aromatic nitrogens is 2. The van der Waals surface area contributed by atoms with E-state index in [-0.39, 0.29) is 0 Å². The average molecular weight is 277 g/mol. The minimum Gasteiger partial charge on any atom is -0.399 e. The summed E-state index contributed by atoms with van der Waals surface area (Å²) in [5.74, 6) is 1.46. The lowest BCUT2D eigenvalue weighted by molar-refractivity contribution is 0.843. The highest BCUT2D eigenvalue weighted by molar-refractivity contribution is 6.29. The van der Waals surface area contributed by atoms with Crippen molar-refractivity contribution in [2.45, 2.75) is 13.8 Å². The highest BCUT2D eigenvalue weighted by Crippen LogP contribution is 2.23. The fourth-order valence-electron chi connectivity index (χ4n) is 1.88. The van der Waals surface area contributed by atoms with Gasteiger partial charge in [-0.05, 0) is 38.1 Å². The maximum Gasteiger partial charge on any atom is 0.163 e. The molecule has 0 aliphatic rings. The van der Waals surface area contributed by atoms with Crippen LogP contribution >= 0.6 is 11.6 Å². The van der Waals surface area contributed by atoms with Gasteiger partial charge < -0.3 is 10.6 Å². The molecule has 0 radical (unpaired) electrons. The van der Waals surface area contributed by atoms with Crippen LogP contribution in [0.25, 0.3) is 11.4 Å². The Bertz CT molecular complexity index is 550. The molecule has 0 amide bonds. The second-order valence-electron chi connectivity index (χ2n) is 4.17. The molecule has 0 fully saturated rings. The molecule has 100 valence electrons. The van der Waals surface area contributed by atoms with Gasteiger partial charge in [-0.1, -0.05) is 11.6 Å². The highest BCUT2D eigenvalue weighted by atomic mass is 35.5. The topological polar surface area (TPSA) is 55.0 Å². The molecule has 19 heavy (non-hydrogen) atoms. The predicted molar refractivity (Wildman–Crippen MR) is 80.5 cm³/mol. The molecule has 2 N–H and O–H groups in total. The van der Waals surface area contributed by atoms with Gasteiger partial charge in [-0.25, -0.2) is 9.97 Å². The first kappa shape index (κ1) is 13.6. The molecule has 1 heterocycles. The van der Waals surface area contributed by atoms with Crippen molar-refractivity contribution in [1.82, 2.24) is 9.97 Å². The van der Waals surface area contributed by atoms with Crippen LogP contribution in [0, 0.1) is 0 Å². The van der Waals surface area contributed by atoms with Gasteiger partial charge in [0, 0.05) is 30.4 Å². The van der Waals surface area contributed by atoms with Crippen molar-refractivity contribution in [3.8, 4) is 11.4 Å². The minimum absolute atomic E-state index is 0.448. The summed E-state index contributed by atoms with van der Waals surface area (Å²) in [4.78, 5) is 11.0. The van der Waals surface area contributed by atoms with Crippen LogP contribution in [0.1, 0.15) is 13.8 Å². The maximum atomic E-state index is 6.09. The molecular formula is C14H17ClN4. The molecule has 0 aliphatic heterocycles. The lowest BCUT2D eigenvalue weighted by atomic mass is 10.2.